The van der Waals surface area contributed by atoms with E-state index < -0.39 is 0 Å². The number of nitrogens with zero attached hydrogens (tertiary/aromatic N) is 3. The van der Waals surface area contributed by atoms with Gasteiger partial charge in [-0.05, 0) is 26.9 Å². The van der Waals surface area contributed by atoms with Crippen LogP contribution in [0.5, 0.6) is 0 Å². The highest BCUT2D eigenvalue weighted by molar-refractivity contribution is 7.19. The molecule has 1 fully saturated rings. The number of nitriles is 1. The Morgan fingerprint density at radius 1 is 1.62 bits per heavy atom. The largest absolute Gasteiger partial charge is 0.396 e. The number of nitrogens with one attached hydrogen (secondary N) is 1. The normalized spacial score (nSPS) is 18.0. The van der Waals surface area contributed by atoms with Crippen molar-refractivity contribution in [3.63, 3.8) is 0 Å². The molecule has 0 aliphatic carbocycles. The third-order valence-corrected chi connectivity index (χ3v) is 4.93. The summed E-state index contributed by atoms with van der Waals surface area (Å²) in [7, 11) is 5.65. The second kappa shape index (κ2) is 6.33. The van der Waals surface area contributed by atoms with Crippen molar-refractivity contribution >= 4 is 27.9 Å². The van der Waals surface area contributed by atoms with E-state index in [0.29, 0.717) is 22.2 Å². The summed E-state index contributed by atoms with van der Waals surface area (Å²) in [5.41, 5.74) is 6.73. The number of anilines is 2. The molecule has 1 aromatic rings. The Bertz CT molecular complexity index is 575. The predicted octanol–water partition coefficient (Wildman–Crippen LogP) is 1.09. The number of nitrogens with two attached hydrogens (primary N) is 1. The molecule has 1 unspecified atom stereocenters. The average molecular weight is 307 g/mol. The topological polar surface area (TPSA) is 85.4 Å². The molecule has 1 atom stereocenters. The van der Waals surface area contributed by atoms with Gasteiger partial charge in [-0.15, -0.1) is 11.3 Å². The van der Waals surface area contributed by atoms with Crippen LogP contribution in [0.25, 0.3) is 0 Å². The van der Waals surface area contributed by atoms with E-state index in [1.165, 1.54) is 11.3 Å². The summed E-state index contributed by atoms with van der Waals surface area (Å²) in [6.45, 7) is 1.83. The van der Waals surface area contributed by atoms with Crippen molar-refractivity contribution in [2.24, 2.45) is 0 Å². The van der Waals surface area contributed by atoms with Gasteiger partial charge in [0, 0.05) is 26.2 Å². The van der Waals surface area contributed by atoms with Gasteiger partial charge in [-0.1, -0.05) is 0 Å². The third-order valence-electron chi connectivity index (χ3n) is 3.69. The molecule has 6 nitrogen and oxygen atoms in total. The zero-order chi connectivity index (χ0) is 15.6. The molecular formula is C14H21N5OS. The summed E-state index contributed by atoms with van der Waals surface area (Å²) in [4.78, 5) is 16.7. The van der Waals surface area contributed by atoms with Crippen LogP contribution in [0.2, 0.25) is 0 Å². The number of carbonyl (C=O) groups is 1. The molecule has 7 heteroatoms. The Morgan fingerprint density at radius 3 is 2.90 bits per heavy atom. The lowest BCUT2D eigenvalue weighted by Gasteiger charge is -2.28. The zero-order valence-corrected chi connectivity index (χ0v) is 13.5. The second-order valence-electron chi connectivity index (χ2n) is 5.47. The molecule has 2 rings (SSSR count). The first kappa shape index (κ1) is 15.6. The quantitative estimate of drug-likeness (QED) is 0.870. The fraction of sp³-hybridized carbons (Fsp3) is 0.571. The first-order valence-electron chi connectivity index (χ1n) is 6.95. The number of rotatable bonds is 4. The molecule has 1 saturated heterocycles. The number of thiophene rings is 1. The van der Waals surface area contributed by atoms with E-state index in [2.05, 4.69) is 21.2 Å². The number of hydrogen-bond acceptors (Lipinski definition) is 6. The summed E-state index contributed by atoms with van der Waals surface area (Å²) in [6, 6.07) is 2.53. The molecule has 1 aliphatic rings. The minimum atomic E-state index is -0.233. The van der Waals surface area contributed by atoms with E-state index in [-0.39, 0.29) is 5.91 Å². The van der Waals surface area contributed by atoms with E-state index in [1.54, 1.807) is 7.05 Å². The highest BCUT2D eigenvalue weighted by Crippen LogP contribution is 2.40. The number of likely N-dealkylation sites (N-methyl/N-ethyl adjacent to an activating group) is 1. The van der Waals surface area contributed by atoms with Crippen LogP contribution < -0.4 is 16.0 Å². The minimum Gasteiger partial charge on any atom is -0.396 e. The number of hydrogen-bond donors (Lipinski definition) is 2. The van der Waals surface area contributed by atoms with Crippen molar-refractivity contribution in [2.75, 3.05) is 44.9 Å². The summed E-state index contributed by atoms with van der Waals surface area (Å²) < 4.78 is 0. The van der Waals surface area contributed by atoms with Crippen molar-refractivity contribution in [3.05, 3.63) is 10.4 Å². The summed E-state index contributed by atoms with van der Waals surface area (Å²) >= 11 is 1.32. The Kier molecular flexibility index (Phi) is 4.70. The van der Waals surface area contributed by atoms with E-state index >= 15 is 0 Å². The molecule has 0 bridgehead atoms. The van der Waals surface area contributed by atoms with Crippen molar-refractivity contribution < 1.29 is 4.79 Å². The predicted molar refractivity (Wildman–Crippen MR) is 85.8 cm³/mol. The monoisotopic (exact) mass is 307 g/mol. The van der Waals surface area contributed by atoms with Crippen molar-refractivity contribution in [2.45, 2.75) is 18.9 Å². The molecule has 0 radical (unpaired) electrons. The lowest BCUT2D eigenvalue weighted by molar-refractivity contribution is 0.0968. The maximum atomic E-state index is 11.9. The second-order valence-corrected chi connectivity index (χ2v) is 6.47. The van der Waals surface area contributed by atoms with Gasteiger partial charge in [-0.25, -0.2) is 0 Å². The van der Waals surface area contributed by atoms with Gasteiger partial charge in [0.1, 0.15) is 21.5 Å². The third kappa shape index (κ3) is 2.96. The van der Waals surface area contributed by atoms with Crippen LogP contribution in [-0.4, -0.2) is 51.1 Å². The van der Waals surface area contributed by atoms with Crippen molar-refractivity contribution in [3.8, 4) is 6.07 Å². The highest BCUT2D eigenvalue weighted by atomic mass is 32.1. The minimum absolute atomic E-state index is 0.233. The van der Waals surface area contributed by atoms with E-state index in [4.69, 9.17) is 5.73 Å². The van der Waals surface area contributed by atoms with Gasteiger partial charge in [-0.2, -0.15) is 5.26 Å². The van der Waals surface area contributed by atoms with Gasteiger partial charge in [0.15, 0.2) is 0 Å². The maximum Gasteiger partial charge on any atom is 0.263 e. The molecule has 2 heterocycles. The van der Waals surface area contributed by atoms with Crippen LogP contribution >= 0.6 is 11.3 Å². The van der Waals surface area contributed by atoms with Crippen LogP contribution in [0.1, 0.15) is 28.1 Å². The van der Waals surface area contributed by atoms with Crippen molar-refractivity contribution in [1.82, 2.24) is 10.2 Å². The van der Waals surface area contributed by atoms with E-state index in [9.17, 15) is 10.1 Å². The zero-order valence-electron chi connectivity index (χ0n) is 12.6. The number of nitrogen functional groups attached to an aromatic ring is 1. The first-order valence-corrected chi connectivity index (χ1v) is 7.77. The number of amides is 1. The van der Waals surface area contributed by atoms with Crippen LogP contribution in [0.3, 0.4) is 0 Å². The molecular weight excluding hydrogens is 286 g/mol. The molecule has 0 saturated carbocycles. The first-order chi connectivity index (χ1) is 9.99. The van der Waals surface area contributed by atoms with E-state index in [1.807, 2.05) is 14.1 Å². The van der Waals surface area contributed by atoms with Crippen LogP contribution in [0.4, 0.5) is 10.7 Å². The average Bonchev–Trinajstić information content (AvgIpc) is 3.01. The van der Waals surface area contributed by atoms with Gasteiger partial charge in [0.25, 0.3) is 5.91 Å². The van der Waals surface area contributed by atoms with Crippen LogP contribution in [0.15, 0.2) is 0 Å². The molecule has 0 aromatic carbocycles. The fourth-order valence-corrected chi connectivity index (χ4v) is 3.95. The Balaban J connectivity index is 2.39. The van der Waals surface area contributed by atoms with E-state index in [0.717, 1.165) is 30.9 Å². The van der Waals surface area contributed by atoms with Crippen molar-refractivity contribution in [1.29, 1.82) is 5.26 Å². The summed E-state index contributed by atoms with van der Waals surface area (Å²) in [5.74, 6) is -0.233. The summed E-state index contributed by atoms with van der Waals surface area (Å²) in [5, 5.41) is 12.8. The highest BCUT2D eigenvalue weighted by Gasteiger charge is 2.31. The Morgan fingerprint density at radius 2 is 2.33 bits per heavy atom. The lowest BCUT2D eigenvalue weighted by atomic mass is 10.2. The molecule has 1 aromatic heterocycles. The Labute approximate surface area is 129 Å². The maximum absolute atomic E-state index is 11.9. The van der Waals surface area contributed by atoms with Gasteiger partial charge < -0.3 is 20.9 Å². The molecule has 1 amide bonds. The van der Waals surface area contributed by atoms with Gasteiger partial charge >= 0.3 is 0 Å². The van der Waals surface area contributed by atoms with Gasteiger partial charge in [-0.3, -0.25) is 4.79 Å². The van der Waals surface area contributed by atoms with Gasteiger partial charge in [0.2, 0.25) is 0 Å². The SMILES string of the molecule is CNC(=O)c1sc(N2CCCC2CN(C)C)c(C#N)c1N. The Hall–Kier alpha value is -1.78. The molecule has 3 N–H and O–H groups in total. The van der Waals surface area contributed by atoms with Crippen LogP contribution in [-0.2, 0) is 0 Å². The molecule has 1 aliphatic heterocycles. The van der Waals surface area contributed by atoms with Gasteiger partial charge in [0.05, 0.1) is 5.69 Å². The standard InChI is InChI=1S/C14H21N5OS/c1-17-13(20)12-11(16)10(7-15)14(21-12)19-6-4-5-9(19)8-18(2)3/h9H,4-6,8,16H2,1-3H3,(H,17,20). The fourth-order valence-electron chi connectivity index (χ4n) is 2.74. The summed E-state index contributed by atoms with van der Waals surface area (Å²) in [6.07, 6.45) is 2.19. The molecule has 0 spiro atoms. The smallest absolute Gasteiger partial charge is 0.263 e. The lowest BCUT2D eigenvalue weighted by Crippen LogP contribution is -2.37. The van der Waals surface area contributed by atoms with Crippen LogP contribution in [0, 0.1) is 11.3 Å². The number of carbonyl (C=O) groups excluding carboxylic acids is 1. The molecule has 21 heavy (non-hydrogen) atoms. The molecule has 114 valence electrons.